The summed E-state index contributed by atoms with van der Waals surface area (Å²) in [5.74, 6) is -0.772. The first kappa shape index (κ1) is 17.7. The number of phenols is 2. The third-order valence-corrected chi connectivity index (χ3v) is 3.92. The van der Waals surface area contributed by atoms with Gasteiger partial charge in [-0.3, -0.25) is 4.48 Å². The van der Waals surface area contributed by atoms with E-state index in [1.54, 1.807) is 6.07 Å². The molecule has 8 heteroatoms. The fourth-order valence-corrected chi connectivity index (χ4v) is 2.22. The molecule has 0 radical (unpaired) electrons. The van der Waals surface area contributed by atoms with E-state index in [9.17, 15) is 23.2 Å². The Hall–Kier alpha value is -1.35. The molecule has 0 bridgehead atoms. The Morgan fingerprint density at radius 3 is 2.43 bits per heavy atom. The Labute approximate surface area is 124 Å². The predicted molar refractivity (Wildman–Crippen MR) is 78.3 cm³/mol. The van der Waals surface area contributed by atoms with E-state index in [0.29, 0.717) is 17.6 Å². The number of hydrogen-bond acceptors (Lipinski definition) is 6. The smallest absolute Gasteiger partial charge is 0.163 e. The molecule has 1 rings (SSSR count). The SMILES string of the molecule is C[N+](C)(CCOCCCS(=O)(=O)[O-])c1ccc(O)c(O)c1. The van der Waals surface area contributed by atoms with E-state index < -0.39 is 15.9 Å². The molecule has 7 nitrogen and oxygen atoms in total. The van der Waals surface area contributed by atoms with E-state index in [2.05, 4.69) is 0 Å². The highest BCUT2D eigenvalue weighted by molar-refractivity contribution is 7.85. The number of quaternary nitrogens is 1. The van der Waals surface area contributed by atoms with Gasteiger partial charge in [0.25, 0.3) is 0 Å². The number of nitrogens with zero attached hydrogens (tertiary/aromatic N) is 1. The number of rotatable bonds is 8. The van der Waals surface area contributed by atoms with Crippen molar-refractivity contribution in [1.29, 1.82) is 0 Å². The Kier molecular flexibility index (Phi) is 5.97. The second-order valence-corrected chi connectivity index (χ2v) is 6.83. The van der Waals surface area contributed by atoms with Crippen LogP contribution >= 0.6 is 0 Å². The van der Waals surface area contributed by atoms with Crippen molar-refractivity contribution < 1.29 is 27.9 Å². The van der Waals surface area contributed by atoms with Crippen LogP contribution in [0.5, 0.6) is 11.5 Å². The fourth-order valence-electron chi connectivity index (χ4n) is 1.75. The van der Waals surface area contributed by atoms with Gasteiger partial charge in [0.15, 0.2) is 11.5 Å². The van der Waals surface area contributed by atoms with Gasteiger partial charge >= 0.3 is 0 Å². The number of aromatic hydroxyl groups is 2. The Bertz CT molecular complexity index is 570. The number of likely N-dealkylation sites (N-methyl/N-ethyl adjacent to an activating group) is 1. The standard InChI is InChI=1S/C13H21NO6S/c1-14(2,11-4-5-12(15)13(16)10-11)6-8-20-7-3-9-21(17,18)19/h4-5,10H,3,6-9H2,1-2H3,(H2-,15,16,17,18,19). The van der Waals surface area contributed by atoms with Gasteiger partial charge in [-0.25, -0.2) is 8.42 Å². The molecule has 0 saturated heterocycles. The van der Waals surface area contributed by atoms with Crippen molar-refractivity contribution in [3.05, 3.63) is 18.2 Å². The number of ether oxygens (including phenoxy) is 1. The van der Waals surface area contributed by atoms with Crippen LogP contribution in [0, 0.1) is 0 Å². The topological polar surface area (TPSA) is 107 Å². The Morgan fingerprint density at radius 1 is 1.19 bits per heavy atom. The number of phenolic OH excluding ortho intramolecular Hbond substituents is 2. The molecule has 0 fully saturated rings. The molecule has 21 heavy (non-hydrogen) atoms. The highest BCUT2D eigenvalue weighted by Crippen LogP contribution is 2.31. The van der Waals surface area contributed by atoms with Crippen LogP contribution < -0.4 is 4.48 Å². The highest BCUT2D eigenvalue weighted by Gasteiger charge is 2.20. The largest absolute Gasteiger partial charge is 0.748 e. The van der Waals surface area contributed by atoms with Crippen molar-refractivity contribution in [2.24, 2.45) is 0 Å². The molecule has 2 N–H and O–H groups in total. The molecule has 0 saturated carbocycles. The molecule has 0 amide bonds. The summed E-state index contributed by atoms with van der Waals surface area (Å²) in [4.78, 5) is 0. The Morgan fingerprint density at radius 2 is 1.86 bits per heavy atom. The van der Waals surface area contributed by atoms with Gasteiger partial charge < -0.3 is 19.5 Å². The molecule has 120 valence electrons. The summed E-state index contributed by atoms with van der Waals surface area (Å²) in [5.41, 5.74) is 0.802. The first-order valence-corrected chi connectivity index (χ1v) is 8.06. The van der Waals surface area contributed by atoms with Crippen LogP contribution in [0.2, 0.25) is 0 Å². The average Bonchev–Trinajstić information content (AvgIpc) is 2.35. The minimum atomic E-state index is -4.18. The summed E-state index contributed by atoms with van der Waals surface area (Å²) in [6, 6.07) is 4.61. The lowest BCUT2D eigenvalue weighted by Gasteiger charge is -2.29. The van der Waals surface area contributed by atoms with E-state index >= 15 is 0 Å². The monoisotopic (exact) mass is 319 g/mol. The summed E-state index contributed by atoms with van der Waals surface area (Å²) in [6.45, 7) is 1.18. The van der Waals surface area contributed by atoms with E-state index in [1.807, 2.05) is 14.1 Å². The quantitative estimate of drug-likeness (QED) is 0.315. The zero-order valence-electron chi connectivity index (χ0n) is 12.2. The van der Waals surface area contributed by atoms with Crippen molar-refractivity contribution in [2.45, 2.75) is 6.42 Å². The van der Waals surface area contributed by atoms with Gasteiger partial charge in [-0.1, -0.05) is 0 Å². The normalized spacial score (nSPS) is 12.5. The average molecular weight is 319 g/mol. The summed E-state index contributed by atoms with van der Waals surface area (Å²) in [7, 11) is -0.349. The molecule has 0 unspecified atom stereocenters. The van der Waals surface area contributed by atoms with E-state index in [1.165, 1.54) is 12.1 Å². The molecule has 0 aliphatic carbocycles. The lowest BCUT2D eigenvalue weighted by Crippen LogP contribution is -2.43. The molecule has 0 aromatic heterocycles. The molecular weight excluding hydrogens is 298 g/mol. The maximum absolute atomic E-state index is 10.4. The van der Waals surface area contributed by atoms with Gasteiger partial charge in [-0.05, 0) is 12.5 Å². The maximum atomic E-state index is 10.4. The van der Waals surface area contributed by atoms with Crippen LogP contribution in [0.4, 0.5) is 5.69 Å². The van der Waals surface area contributed by atoms with E-state index in [4.69, 9.17) is 4.74 Å². The van der Waals surface area contributed by atoms with Crippen LogP contribution in [0.15, 0.2) is 18.2 Å². The van der Waals surface area contributed by atoms with E-state index in [-0.39, 0.29) is 24.5 Å². The van der Waals surface area contributed by atoms with Gasteiger partial charge in [-0.2, -0.15) is 0 Å². The number of benzene rings is 1. The van der Waals surface area contributed by atoms with Gasteiger partial charge in [0, 0.05) is 24.5 Å². The predicted octanol–water partition coefficient (Wildman–Crippen LogP) is 0.617. The van der Waals surface area contributed by atoms with Crippen LogP contribution in [0.25, 0.3) is 0 Å². The van der Waals surface area contributed by atoms with Gasteiger partial charge in [0.05, 0.1) is 30.8 Å². The second-order valence-electron chi connectivity index (χ2n) is 5.31. The van der Waals surface area contributed by atoms with Crippen molar-refractivity contribution in [3.63, 3.8) is 0 Å². The lowest BCUT2D eigenvalue weighted by molar-refractivity contribution is 0.119. The molecule has 0 atom stereocenters. The third kappa shape index (κ3) is 6.30. The van der Waals surface area contributed by atoms with Crippen LogP contribution in [0.1, 0.15) is 6.42 Å². The lowest BCUT2D eigenvalue weighted by atomic mass is 10.2. The maximum Gasteiger partial charge on any atom is 0.163 e. The zero-order chi connectivity index (χ0) is 16.1. The molecular formula is C13H21NO6S. The first-order chi connectivity index (χ1) is 9.62. The molecule has 1 aromatic carbocycles. The van der Waals surface area contributed by atoms with Crippen molar-refractivity contribution in [1.82, 2.24) is 4.48 Å². The van der Waals surface area contributed by atoms with Crippen molar-refractivity contribution in [2.75, 3.05) is 39.6 Å². The molecule has 0 aliphatic rings. The molecule has 0 spiro atoms. The second kappa shape index (κ2) is 7.08. The zero-order valence-corrected chi connectivity index (χ0v) is 13.0. The fraction of sp³-hybridized carbons (Fsp3) is 0.538. The first-order valence-electron chi connectivity index (χ1n) is 6.49. The van der Waals surface area contributed by atoms with Gasteiger partial charge in [0.2, 0.25) is 0 Å². The van der Waals surface area contributed by atoms with Crippen molar-refractivity contribution >= 4 is 15.8 Å². The minimum Gasteiger partial charge on any atom is -0.748 e. The van der Waals surface area contributed by atoms with E-state index in [0.717, 1.165) is 5.69 Å². The minimum absolute atomic E-state index is 0.172. The number of hydrogen-bond donors (Lipinski definition) is 2. The summed E-state index contributed by atoms with van der Waals surface area (Å²) < 4.78 is 37.0. The molecule has 0 aliphatic heterocycles. The third-order valence-electron chi connectivity index (χ3n) is 3.14. The molecule has 0 heterocycles. The van der Waals surface area contributed by atoms with Gasteiger partial charge in [0.1, 0.15) is 12.2 Å². The van der Waals surface area contributed by atoms with Gasteiger partial charge in [-0.15, -0.1) is 0 Å². The summed E-state index contributed by atoms with van der Waals surface area (Å²) in [5, 5.41) is 18.8. The highest BCUT2D eigenvalue weighted by atomic mass is 32.2. The molecule has 1 aromatic rings. The van der Waals surface area contributed by atoms with Crippen LogP contribution in [0.3, 0.4) is 0 Å². The van der Waals surface area contributed by atoms with Crippen LogP contribution in [-0.2, 0) is 14.9 Å². The summed E-state index contributed by atoms with van der Waals surface area (Å²) >= 11 is 0. The Balaban J connectivity index is 2.41. The van der Waals surface area contributed by atoms with Crippen molar-refractivity contribution in [3.8, 4) is 11.5 Å². The summed E-state index contributed by atoms with van der Waals surface area (Å²) in [6.07, 6.45) is 0.180. The van der Waals surface area contributed by atoms with Crippen LogP contribution in [-0.4, -0.2) is 62.8 Å².